The van der Waals surface area contributed by atoms with Crippen LogP contribution in [-0.4, -0.2) is 52.5 Å². The molecule has 5 heteroatoms. The summed E-state index contributed by atoms with van der Waals surface area (Å²) in [6.45, 7) is 4.95. The molecule has 2 bridgehead atoms. The molecular weight excluding hydrogens is 230 g/mol. The Balaban J connectivity index is 1.98. The third kappa shape index (κ3) is 1.37. The highest BCUT2D eigenvalue weighted by molar-refractivity contribution is 6.07. The fraction of sp³-hybridized carbons (Fsp3) is 0.846. The largest absolute Gasteiger partial charge is 0.327 e. The molecule has 100 valence electrons. The number of hydrogen-bond donors (Lipinski definition) is 1. The Hall–Kier alpha value is -1.10. The maximum absolute atomic E-state index is 12.6. The van der Waals surface area contributed by atoms with Gasteiger partial charge in [0.15, 0.2) is 0 Å². The van der Waals surface area contributed by atoms with Crippen molar-refractivity contribution in [2.24, 2.45) is 0 Å². The number of hydrogen-bond acceptors (Lipinski definition) is 3. The van der Waals surface area contributed by atoms with E-state index in [9.17, 15) is 9.59 Å². The van der Waals surface area contributed by atoms with Crippen LogP contribution in [0.15, 0.2) is 0 Å². The number of amides is 3. The predicted molar refractivity (Wildman–Crippen MR) is 67.1 cm³/mol. The fourth-order valence-electron chi connectivity index (χ4n) is 4.02. The maximum Gasteiger partial charge on any atom is 0.327 e. The minimum atomic E-state index is -0.543. The highest BCUT2D eigenvalue weighted by Gasteiger charge is 2.60. The number of piperidine rings is 1. The molecule has 0 saturated carbocycles. The highest BCUT2D eigenvalue weighted by atomic mass is 16.2. The summed E-state index contributed by atoms with van der Waals surface area (Å²) in [6.07, 6.45) is 3.85. The van der Waals surface area contributed by atoms with Crippen LogP contribution < -0.4 is 5.32 Å². The first-order valence-electron chi connectivity index (χ1n) is 7.02. The zero-order valence-corrected chi connectivity index (χ0v) is 11.1. The van der Waals surface area contributed by atoms with Crippen molar-refractivity contribution in [1.82, 2.24) is 15.1 Å². The van der Waals surface area contributed by atoms with E-state index in [1.807, 2.05) is 18.7 Å². The molecule has 5 nitrogen and oxygen atoms in total. The molecule has 3 saturated heterocycles. The minimum Gasteiger partial charge on any atom is -0.311 e. The minimum absolute atomic E-state index is 0.0373. The van der Waals surface area contributed by atoms with Crippen molar-refractivity contribution in [3.8, 4) is 0 Å². The van der Waals surface area contributed by atoms with E-state index in [0.717, 1.165) is 25.7 Å². The summed E-state index contributed by atoms with van der Waals surface area (Å²) < 4.78 is 0. The highest BCUT2D eigenvalue weighted by Crippen LogP contribution is 2.42. The van der Waals surface area contributed by atoms with E-state index in [1.54, 1.807) is 0 Å². The van der Waals surface area contributed by atoms with Gasteiger partial charge in [-0.15, -0.1) is 0 Å². The first-order valence-corrected chi connectivity index (χ1v) is 7.02. The lowest BCUT2D eigenvalue weighted by Crippen LogP contribution is -2.59. The van der Waals surface area contributed by atoms with Gasteiger partial charge in [-0.1, -0.05) is 0 Å². The lowest BCUT2D eigenvalue weighted by molar-refractivity contribution is -0.135. The lowest BCUT2D eigenvalue weighted by atomic mass is 9.82. The van der Waals surface area contributed by atoms with Gasteiger partial charge >= 0.3 is 6.03 Å². The summed E-state index contributed by atoms with van der Waals surface area (Å²) in [6, 6.07) is 0.726. The molecule has 18 heavy (non-hydrogen) atoms. The van der Waals surface area contributed by atoms with Crippen LogP contribution in [0.1, 0.15) is 39.5 Å². The second-order valence-corrected chi connectivity index (χ2v) is 5.65. The van der Waals surface area contributed by atoms with Gasteiger partial charge in [-0.25, -0.2) is 4.79 Å². The number of imide groups is 1. The number of nitrogens with zero attached hydrogens (tertiary/aromatic N) is 2. The quantitative estimate of drug-likeness (QED) is 0.743. The average molecular weight is 251 g/mol. The van der Waals surface area contributed by atoms with Gasteiger partial charge in [0, 0.05) is 25.2 Å². The second kappa shape index (κ2) is 3.95. The van der Waals surface area contributed by atoms with E-state index >= 15 is 0 Å². The van der Waals surface area contributed by atoms with Crippen LogP contribution in [0.25, 0.3) is 0 Å². The van der Waals surface area contributed by atoms with Crippen molar-refractivity contribution in [2.75, 3.05) is 13.1 Å². The van der Waals surface area contributed by atoms with Gasteiger partial charge in [-0.3, -0.25) is 9.69 Å². The van der Waals surface area contributed by atoms with Crippen LogP contribution in [0.3, 0.4) is 0 Å². The number of fused-ring (bicyclic) bond motifs is 2. The van der Waals surface area contributed by atoms with Crippen molar-refractivity contribution in [3.05, 3.63) is 0 Å². The monoisotopic (exact) mass is 251 g/mol. The van der Waals surface area contributed by atoms with Gasteiger partial charge in [-0.2, -0.15) is 0 Å². The lowest BCUT2D eigenvalue weighted by Gasteiger charge is -2.41. The first kappa shape index (κ1) is 12.0. The van der Waals surface area contributed by atoms with Crippen molar-refractivity contribution in [3.63, 3.8) is 0 Å². The Labute approximate surface area is 107 Å². The van der Waals surface area contributed by atoms with Crippen molar-refractivity contribution in [2.45, 2.75) is 57.2 Å². The molecule has 3 aliphatic rings. The molecule has 0 aliphatic carbocycles. The van der Waals surface area contributed by atoms with E-state index < -0.39 is 5.54 Å². The molecule has 0 aromatic carbocycles. The molecule has 1 spiro atoms. The molecule has 1 N–H and O–H groups in total. The molecule has 0 radical (unpaired) electrons. The number of likely N-dealkylation sites (N-methyl/N-ethyl adjacent to an activating group) is 2. The van der Waals surface area contributed by atoms with Crippen LogP contribution >= 0.6 is 0 Å². The van der Waals surface area contributed by atoms with Gasteiger partial charge < -0.3 is 10.2 Å². The standard InChI is InChI=1S/C13H21N3O2/c1-3-15-11(17)13(16(4-2)12(15)18)7-9-5-6-10(8-13)14-9/h9-10,14H,3-8H2,1-2H3. The Morgan fingerprint density at radius 1 is 1.17 bits per heavy atom. The van der Waals surface area contributed by atoms with Crippen LogP contribution in [0, 0.1) is 0 Å². The number of urea groups is 1. The number of carbonyl (C=O) groups is 2. The van der Waals surface area contributed by atoms with Crippen molar-refractivity contribution < 1.29 is 9.59 Å². The fourth-order valence-corrected chi connectivity index (χ4v) is 4.02. The zero-order valence-electron chi connectivity index (χ0n) is 11.1. The molecule has 2 atom stereocenters. The van der Waals surface area contributed by atoms with E-state index in [-0.39, 0.29) is 11.9 Å². The molecule has 3 heterocycles. The normalized spacial score (nSPS) is 39.2. The summed E-state index contributed by atoms with van der Waals surface area (Å²) in [5, 5.41) is 3.55. The van der Waals surface area contributed by atoms with Crippen molar-refractivity contribution >= 4 is 11.9 Å². The summed E-state index contributed by atoms with van der Waals surface area (Å²) in [5.41, 5.74) is -0.543. The molecule has 2 unspecified atom stereocenters. The molecule has 3 amide bonds. The Morgan fingerprint density at radius 2 is 1.78 bits per heavy atom. The second-order valence-electron chi connectivity index (χ2n) is 5.65. The summed E-state index contributed by atoms with van der Waals surface area (Å²) in [5.74, 6) is 0.0373. The van der Waals surface area contributed by atoms with Gasteiger partial charge in [-0.05, 0) is 39.5 Å². The van der Waals surface area contributed by atoms with Gasteiger partial charge in [0.2, 0.25) is 0 Å². The zero-order chi connectivity index (χ0) is 12.9. The summed E-state index contributed by atoms with van der Waals surface area (Å²) >= 11 is 0. The van der Waals surface area contributed by atoms with Crippen LogP contribution in [0.4, 0.5) is 4.79 Å². The molecular formula is C13H21N3O2. The number of carbonyl (C=O) groups excluding carboxylic acids is 2. The average Bonchev–Trinajstić information content (AvgIpc) is 2.78. The smallest absolute Gasteiger partial charge is 0.311 e. The van der Waals surface area contributed by atoms with Gasteiger partial charge in [0.05, 0.1) is 0 Å². The third-order valence-corrected chi connectivity index (χ3v) is 4.76. The van der Waals surface area contributed by atoms with Crippen LogP contribution in [-0.2, 0) is 4.79 Å². The van der Waals surface area contributed by atoms with Crippen LogP contribution in [0.2, 0.25) is 0 Å². The van der Waals surface area contributed by atoms with Gasteiger partial charge in [0.25, 0.3) is 5.91 Å². The summed E-state index contributed by atoms with van der Waals surface area (Å²) in [7, 11) is 0. The Morgan fingerprint density at radius 3 is 2.28 bits per heavy atom. The number of rotatable bonds is 2. The third-order valence-electron chi connectivity index (χ3n) is 4.76. The molecule has 3 aliphatic heterocycles. The maximum atomic E-state index is 12.6. The van der Waals surface area contributed by atoms with Crippen molar-refractivity contribution in [1.29, 1.82) is 0 Å². The SMILES string of the molecule is CCN1C(=O)N(CC)C2(CC3CCC(C2)N3)C1=O. The van der Waals surface area contributed by atoms with E-state index in [2.05, 4.69) is 5.32 Å². The molecule has 0 aromatic rings. The topological polar surface area (TPSA) is 52.7 Å². The summed E-state index contributed by atoms with van der Waals surface area (Å²) in [4.78, 5) is 28.2. The van der Waals surface area contributed by atoms with Crippen LogP contribution in [0.5, 0.6) is 0 Å². The number of nitrogens with one attached hydrogen (secondary N) is 1. The molecule has 0 aromatic heterocycles. The van der Waals surface area contributed by atoms with E-state index in [4.69, 9.17) is 0 Å². The van der Waals surface area contributed by atoms with Gasteiger partial charge in [0.1, 0.15) is 5.54 Å². The van der Waals surface area contributed by atoms with E-state index in [0.29, 0.717) is 25.2 Å². The molecule has 3 fully saturated rings. The Bertz CT molecular complexity index is 384. The van der Waals surface area contributed by atoms with E-state index in [1.165, 1.54) is 4.90 Å². The Kier molecular flexibility index (Phi) is 2.62. The predicted octanol–water partition coefficient (Wildman–Crippen LogP) is 0.944. The first-order chi connectivity index (χ1) is 8.62. The molecule has 3 rings (SSSR count).